The fourth-order valence-corrected chi connectivity index (χ4v) is 6.65. The molecule has 0 aliphatic carbocycles. The van der Waals surface area contributed by atoms with Crippen molar-refractivity contribution in [1.29, 1.82) is 0 Å². The molecule has 5 aromatic carbocycles. The summed E-state index contributed by atoms with van der Waals surface area (Å²) < 4.78 is 36.8. The highest BCUT2D eigenvalue weighted by Crippen LogP contribution is 2.40. The highest BCUT2D eigenvalue weighted by atomic mass is 35.5. The lowest BCUT2D eigenvalue weighted by molar-refractivity contribution is -0.145. The van der Waals surface area contributed by atoms with Crippen molar-refractivity contribution in [2.75, 3.05) is 13.7 Å². The highest BCUT2D eigenvalue weighted by Gasteiger charge is 2.31. The second-order valence-electron chi connectivity index (χ2n) is 12.7. The lowest BCUT2D eigenvalue weighted by Gasteiger charge is -2.31. The first-order valence-electron chi connectivity index (χ1n) is 16.8. The molecule has 3 atom stereocenters. The van der Waals surface area contributed by atoms with Crippen LogP contribution in [0.4, 0.5) is 4.39 Å². The Hall–Kier alpha value is -5.09. The Morgan fingerprint density at radius 3 is 2.27 bits per heavy atom. The number of carbonyl (C=O) groups is 2. The van der Waals surface area contributed by atoms with Crippen molar-refractivity contribution in [3.63, 3.8) is 0 Å². The van der Waals surface area contributed by atoms with E-state index in [4.69, 9.17) is 42.1 Å². The minimum Gasteiger partial charge on any atom is -0.489 e. The number of hydrogen-bond donors (Lipinski definition) is 2. The number of halogens is 3. The summed E-state index contributed by atoms with van der Waals surface area (Å²) >= 11 is 12.1. The normalized spacial score (nSPS) is 16.7. The molecule has 11 heteroatoms. The number of fused-ring (bicyclic) bond motifs is 2. The van der Waals surface area contributed by atoms with E-state index in [1.54, 1.807) is 24.3 Å². The van der Waals surface area contributed by atoms with Gasteiger partial charge in [0.1, 0.15) is 30.8 Å². The number of hydrogen-bond acceptors (Lipinski definition) is 7. The molecule has 8 nitrogen and oxygen atoms in total. The number of amides is 1. The largest absolute Gasteiger partial charge is 0.489 e. The molecule has 0 spiro atoms. The fraction of sp³-hybridized carbons (Fsp3) is 0.220. The zero-order valence-corrected chi connectivity index (χ0v) is 29.7. The minimum absolute atomic E-state index is 0.250. The van der Waals surface area contributed by atoms with E-state index < -0.39 is 18.1 Å². The van der Waals surface area contributed by atoms with E-state index in [0.717, 1.165) is 38.9 Å². The van der Waals surface area contributed by atoms with Gasteiger partial charge in [-0.25, -0.2) is 9.18 Å². The Morgan fingerprint density at radius 1 is 0.865 bits per heavy atom. The van der Waals surface area contributed by atoms with Crippen molar-refractivity contribution < 1.29 is 32.9 Å². The molecule has 0 radical (unpaired) electrons. The Labute approximate surface area is 310 Å². The van der Waals surface area contributed by atoms with E-state index in [-0.39, 0.29) is 24.2 Å². The molecule has 0 aromatic heterocycles. The minimum atomic E-state index is -0.877. The van der Waals surface area contributed by atoms with Crippen molar-refractivity contribution in [3.05, 3.63) is 147 Å². The number of rotatable bonds is 10. The first-order valence-corrected chi connectivity index (χ1v) is 17.6. The van der Waals surface area contributed by atoms with Crippen molar-refractivity contribution >= 4 is 35.1 Å². The molecule has 52 heavy (non-hydrogen) atoms. The van der Waals surface area contributed by atoms with Gasteiger partial charge in [-0.15, -0.1) is 0 Å². The maximum absolute atomic E-state index is 13.5. The number of carbonyl (C=O) groups excluding carboxylic acids is 2. The molecule has 1 unspecified atom stereocenters. The van der Waals surface area contributed by atoms with Crippen molar-refractivity contribution in [3.8, 4) is 28.4 Å². The summed E-state index contributed by atoms with van der Waals surface area (Å²) in [5.41, 5.74) is 6.47. The number of ether oxygens (including phenoxy) is 4. The molecule has 2 N–H and O–H groups in total. The summed E-state index contributed by atoms with van der Waals surface area (Å²) in [4.78, 5) is 26.2. The van der Waals surface area contributed by atoms with Crippen molar-refractivity contribution in [1.82, 2.24) is 10.6 Å². The predicted octanol–water partition coefficient (Wildman–Crippen LogP) is 7.81. The van der Waals surface area contributed by atoms with Crippen LogP contribution in [0.5, 0.6) is 17.2 Å². The monoisotopic (exact) mass is 740 g/mol. The van der Waals surface area contributed by atoms with E-state index in [1.807, 2.05) is 66.7 Å². The molecule has 5 aromatic rings. The van der Waals surface area contributed by atoms with Crippen LogP contribution < -0.4 is 24.8 Å². The van der Waals surface area contributed by atoms with Gasteiger partial charge >= 0.3 is 5.97 Å². The quantitative estimate of drug-likeness (QED) is 0.141. The zero-order valence-electron chi connectivity index (χ0n) is 28.2. The number of benzene rings is 5. The van der Waals surface area contributed by atoms with Gasteiger partial charge in [0.15, 0.2) is 17.6 Å². The highest BCUT2D eigenvalue weighted by molar-refractivity contribution is 6.42. The standard InChI is InChI=1S/C41H35Cl2FN2O6/c1-49-41(48)36(17-24-2-5-26(6-3-24)27-7-11-31(44)12-8-27)46-40(47)35-18-29-19-37-38(20-30(29)21-45-35)52-39(23-51-37)28-9-13-32(14-10-28)50-22-25-4-15-33(42)34(43)16-25/h2-16,19-20,35-36,39,45H,17-18,21-23H2,1H3,(H,46,47)/t35?,36-,39+/m0/s1. The van der Waals surface area contributed by atoms with Crippen LogP contribution in [0.2, 0.25) is 10.0 Å². The number of esters is 1. The van der Waals surface area contributed by atoms with E-state index in [0.29, 0.717) is 53.5 Å². The topological polar surface area (TPSA) is 95.1 Å². The van der Waals surface area contributed by atoms with Crippen LogP contribution in [-0.2, 0) is 40.3 Å². The van der Waals surface area contributed by atoms with Crippen LogP contribution in [0.3, 0.4) is 0 Å². The molecule has 0 fully saturated rings. The second-order valence-corrected chi connectivity index (χ2v) is 13.5. The molecule has 2 aliphatic heterocycles. The Bertz CT molecular complexity index is 2080. The number of nitrogens with one attached hydrogen (secondary N) is 2. The van der Waals surface area contributed by atoms with Gasteiger partial charge in [-0.3, -0.25) is 4.79 Å². The molecule has 1 amide bonds. The first kappa shape index (κ1) is 35.3. The molecule has 2 aliphatic rings. The molecule has 0 bridgehead atoms. The van der Waals surface area contributed by atoms with E-state index >= 15 is 0 Å². The second kappa shape index (κ2) is 15.7. The molecular weight excluding hydrogens is 706 g/mol. The third kappa shape index (κ3) is 8.18. The molecule has 2 heterocycles. The third-order valence-electron chi connectivity index (χ3n) is 9.22. The fourth-order valence-electron chi connectivity index (χ4n) is 6.33. The van der Waals surface area contributed by atoms with E-state index in [9.17, 15) is 14.0 Å². The molecule has 266 valence electrons. The Morgan fingerprint density at radius 2 is 1.56 bits per heavy atom. The van der Waals surface area contributed by atoms with E-state index in [1.165, 1.54) is 19.2 Å². The lowest BCUT2D eigenvalue weighted by Crippen LogP contribution is -2.53. The van der Waals surface area contributed by atoms with Crippen LogP contribution in [0, 0.1) is 5.82 Å². The van der Waals surface area contributed by atoms with Gasteiger partial charge in [-0.1, -0.05) is 77.8 Å². The van der Waals surface area contributed by atoms with Crippen molar-refractivity contribution in [2.45, 2.75) is 44.2 Å². The average molecular weight is 742 g/mol. The molecule has 0 saturated carbocycles. The zero-order chi connectivity index (χ0) is 36.2. The van der Waals surface area contributed by atoms with Gasteiger partial charge in [0, 0.05) is 13.0 Å². The predicted molar refractivity (Wildman–Crippen MR) is 196 cm³/mol. The van der Waals surface area contributed by atoms with Gasteiger partial charge in [-0.05, 0) is 93.9 Å². The summed E-state index contributed by atoms with van der Waals surface area (Å²) in [5, 5.41) is 7.18. The van der Waals surface area contributed by atoms with Gasteiger partial charge < -0.3 is 29.6 Å². The van der Waals surface area contributed by atoms with Gasteiger partial charge in [0.2, 0.25) is 5.91 Å². The van der Waals surface area contributed by atoms with Crippen LogP contribution >= 0.6 is 23.2 Å². The average Bonchev–Trinajstić information content (AvgIpc) is 3.17. The Balaban J connectivity index is 0.951. The first-order chi connectivity index (χ1) is 25.2. The van der Waals surface area contributed by atoms with Crippen LogP contribution in [0.15, 0.2) is 103 Å². The van der Waals surface area contributed by atoms with Crippen LogP contribution in [-0.4, -0.2) is 37.7 Å². The van der Waals surface area contributed by atoms with Gasteiger partial charge in [0.05, 0.1) is 23.2 Å². The summed E-state index contributed by atoms with van der Waals surface area (Å²) in [6, 6.07) is 29.4. The van der Waals surface area contributed by atoms with E-state index in [2.05, 4.69) is 10.6 Å². The lowest BCUT2D eigenvalue weighted by atomic mass is 9.94. The SMILES string of the molecule is COC(=O)[C@H](Cc1ccc(-c2ccc(F)cc2)cc1)NC(=O)C1Cc2cc3c(cc2CN1)O[C@@H](c1ccc(OCc2ccc(Cl)c(Cl)c2)cc1)CO3. The summed E-state index contributed by atoms with van der Waals surface area (Å²) in [7, 11) is 1.30. The number of methoxy groups -OCH3 is 1. The van der Waals surface area contributed by atoms with Gasteiger partial charge in [0.25, 0.3) is 0 Å². The smallest absolute Gasteiger partial charge is 0.328 e. The van der Waals surface area contributed by atoms with Crippen LogP contribution in [0.1, 0.15) is 33.9 Å². The van der Waals surface area contributed by atoms with Gasteiger partial charge in [-0.2, -0.15) is 0 Å². The third-order valence-corrected chi connectivity index (χ3v) is 9.96. The maximum Gasteiger partial charge on any atom is 0.328 e. The summed E-state index contributed by atoms with van der Waals surface area (Å²) in [6.45, 7) is 1.12. The molecule has 0 saturated heterocycles. The van der Waals surface area contributed by atoms with Crippen LogP contribution in [0.25, 0.3) is 11.1 Å². The molecular formula is C41H35Cl2FN2O6. The molecule has 7 rings (SSSR count). The summed E-state index contributed by atoms with van der Waals surface area (Å²) in [6.07, 6.45) is 0.351. The van der Waals surface area contributed by atoms with Crippen molar-refractivity contribution in [2.24, 2.45) is 0 Å². The maximum atomic E-state index is 13.5. The Kier molecular flexibility index (Phi) is 10.6. The summed E-state index contributed by atoms with van der Waals surface area (Å²) in [5.74, 6) is 0.827.